The van der Waals surface area contributed by atoms with Crippen molar-refractivity contribution in [2.45, 2.75) is 23.8 Å². The van der Waals surface area contributed by atoms with Crippen LogP contribution < -0.4 is 5.32 Å². The zero-order valence-corrected chi connectivity index (χ0v) is 15.8. The molecule has 2 aromatic rings. The first-order valence-electron chi connectivity index (χ1n) is 7.73. The molecule has 0 aliphatic carbocycles. The van der Waals surface area contributed by atoms with Crippen molar-refractivity contribution in [2.24, 2.45) is 0 Å². The average Bonchev–Trinajstić information content (AvgIpc) is 2.59. The maximum atomic E-state index is 12.7. The lowest BCUT2D eigenvalue weighted by Gasteiger charge is -2.30. The summed E-state index contributed by atoms with van der Waals surface area (Å²) in [6, 6.07) is 12.0. The van der Waals surface area contributed by atoms with E-state index in [1.165, 1.54) is 12.1 Å². The van der Waals surface area contributed by atoms with Crippen molar-refractivity contribution in [3.8, 4) is 0 Å². The van der Waals surface area contributed by atoms with E-state index in [9.17, 15) is 23.1 Å². The van der Waals surface area contributed by atoms with Crippen LogP contribution in [0.2, 0.25) is 5.02 Å². The highest BCUT2D eigenvalue weighted by Crippen LogP contribution is 2.28. The normalized spacial score (nSPS) is 13.7. The third-order valence-electron chi connectivity index (χ3n) is 4.10. The number of carboxylic acid groups (broad SMARTS) is 1. The average molecular weight is 396 g/mol. The number of hydrogen-bond acceptors (Lipinski definition) is 4. The van der Waals surface area contributed by atoms with Gasteiger partial charge in [0.2, 0.25) is 0 Å². The molecule has 2 rings (SSSR count). The standard InChI is InChI=1S/C18H18ClNO5S/c1-3-18(17(22)23,12-7-5-4-6-8-12)20-16(21)14-11-13(26(2,24)25)9-10-15(14)19/h4-11H,3H2,1-2H3,(H,20,21)(H,22,23)/t18-/m1/s1. The molecule has 0 bridgehead atoms. The Hall–Kier alpha value is -2.38. The number of aliphatic carboxylic acids is 1. The van der Waals surface area contributed by atoms with Crippen LogP contribution in [0.4, 0.5) is 0 Å². The minimum atomic E-state index is -3.55. The Labute approximate surface area is 156 Å². The monoisotopic (exact) mass is 395 g/mol. The Bertz CT molecular complexity index is 943. The zero-order valence-electron chi connectivity index (χ0n) is 14.2. The van der Waals surface area contributed by atoms with Gasteiger partial charge in [0.25, 0.3) is 5.91 Å². The maximum absolute atomic E-state index is 12.7. The van der Waals surface area contributed by atoms with E-state index in [1.807, 2.05) is 0 Å². The molecule has 1 amide bonds. The van der Waals surface area contributed by atoms with Crippen LogP contribution in [-0.2, 0) is 20.2 Å². The van der Waals surface area contributed by atoms with Crippen molar-refractivity contribution in [1.29, 1.82) is 0 Å². The molecule has 0 unspecified atom stereocenters. The number of hydrogen-bond donors (Lipinski definition) is 2. The van der Waals surface area contributed by atoms with Crippen molar-refractivity contribution in [3.63, 3.8) is 0 Å². The summed E-state index contributed by atoms with van der Waals surface area (Å²) in [5.41, 5.74) is -1.37. The number of benzene rings is 2. The molecule has 0 aliphatic rings. The highest BCUT2D eigenvalue weighted by Gasteiger charge is 2.40. The molecule has 8 heteroatoms. The third kappa shape index (κ3) is 3.89. The lowest BCUT2D eigenvalue weighted by Crippen LogP contribution is -2.51. The summed E-state index contributed by atoms with van der Waals surface area (Å²) in [7, 11) is -3.55. The molecule has 138 valence electrons. The molecule has 0 heterocycles. The fraction of sp³-hybridized carbons (Fsp3) is 0.222. The first-order chi connectivity index (χ1) is 12.1. The predicted molar refractivity (Wildman–Crippen MR) is 98.1 cm³/mol. The van der Waals surface area contributed by atoms with E-state index in [1.54, 1.807) is 37.3 Å². The van der Waals surface area contributed by atoms with Crippen LogP contribution in [-0.4, -0.2) is 31.7 Å². The van der Waals surface area contributed by atoms with Gasteiger partial charge in [-0.25, -0.2) is 13.2 Å². The van der Waals surface area contributed by atoms with Crippen LogP contribution in [0, 0.1) is 0 Å². The van der Waals surface area contributed by atoms with Crippen LogP contribution in [0.25, 0.3) is 0 Å². The fourth-order valence-corrected chi connectivity index (χ4v) is 3.44. The van der Waals surface area contributed by atoms with Gasteiger partial charge in [-0.05, 0) is 30.2 Å². The number of carboxylic acids is 1. The molecular formula is C18H18ClNO5S. The van der Waals surface area contributed by atoms with Crippen LogP contribution >= 0.6 is 11.6 Å². The molecule has 0 saturated carbocycles. The van der Waals surface area contributed by atoms with Crippen LogP contribution in [0.1, 0.15) is 29.3 Å². The van der Waals surface area contributed by atoms with E-state index in [4.69, 9.17) is 11.6 Å². The van der Waals surface area contributed by atoms with Crippen LogP contribution in [0.15, 0.2) is 53.4 Å². The van der Waals surface area contributed by atoms with Crippen LogP contribution in [0.5, 0.6) is 0 Å². The van der Waals surface area contributed by atoms with Gasteiger partial charge >= 0.3 is 5.97 Å². The first kappa shape index (κ1) is 19.9. The van der Waals surface area contributed by atoms with Crippen molar-refractivity contribution in [3.05, 3.63) is 64.7 Å². The largest absolute Gasteiger partial charge is 0.479 e. The molecule has 0 aromatic heterocycles. The molecule has 2 N–H and O–H groups in total. The first-order valence-corrected chi connectivity index (χ1v) is 10.00. The molecule has 0 spiro atoms. The molecule has 2 aromatic carbocycles. The Balaban J connectivity index is 2.51. The van der Waals surface area contributed by atoms with Crippen molar-refractivity contribution in [2.75, 3.05) is 6.26 Å². The Morgan fingerprint density at radius 3 is 2.27 bits per heavy atom. The molecule has 0 fully saturated rings. The summed E-state index contributed by atoms with van der Waals surface area (Å²) in [4.78, 5) is 24.7. The number of carbonyl (C=O) groups excluding carboxylic acids is 1. The quantitative estimate of drug-likeness (QED) is 0.783. The number of rotatable bonds is 6. The van der Waals surface area contributed by atoms with E-state index in [0.29, 0.717) is 5.56 Å². The van der Waals surface area contributed by atoms with Gasteiger partial charge in [0, 0.05) is 6.26 Å². The van der Waals surface area contributed by atoms with E-state index in [2.05, 4.69) is 5.32 Å². The van der Waals surface area contributed by atoms with Gasteiger partial charge in [-0.2, -0.15) is 0 Å². The second kappa shape index (κ2) is 7.47. The number of nitrogens with one attached hydrogen (secondary N) is 1. The molecule has 0 radical (unpaired) electrons. The zero-order chi connectivity index (χ0) is 19.5. The predicted octanol–water partition coefficient (Wildman–Crippen LogP) is 2.86. The van der Waals surface area contributed by atoms with Crippen molar-refractivity contribution in [1.82, 2.24) is 5.32 Å². The van der Waals surface area contributed by atoms with Gasteiger partial charge in [0.15, 0.2) is 15.4 Å². The Kier molecular flexibility index (Phi) is 5.73. The summed E-state index contributed by atoms with van der Waals surface area (Å²) >= 11 is 6.04. The van der Waals surface area contributed by atoms with E-state index >= 15 is 0 Å². The van der Waals surface area contributed by atoms with Gasteiger partial charge in [-0.15, -0.1) is 0 Å². The van der Waals surface area contributed by atoms with E-state index < -0.39 is 27.3 Å². The lowest BCUT2D eigenvalue weighted by atomic mass is 9.87. The van der Waals surface area contributed by atoms with Gasteiger partial charge in [0.1, 0.15) is 0 Å². The highest BCUT2D eigenvalue weighted by molar-refractivity contribution is 7.90. The third-order valence-corrected chi connectivity index (χ3v) is 5.54. The summed E-state index contributed by atoms with van der Waals surface area (Å²) in [5.74, 6) is -2.00. The van der Waals surface area contributed by atoms with E-state index in [0.717, 1.165) is 12.3 Å². The second-order valence-electron chi connectivity index (χ2n) is 5.80. The smallest absolute Gasteiger partial charge is 0.334 e. The van der Waals surface area contributed by atoms with Gasteiger partial charge in [-0.1, -0.05) is 48.9 Å². The minimum Gasteiger partial charge on any atom is -0.479 e. The fourth-order valence-electron chi connectivity index (χ4n) is 2.59. The van der Waals surface area contributed by atoms with Crippen molar-refractivity contribution >= 4 is 33.3 Å². The topological polar surface area (TPSA) is 101 Å². The Morgan fingerprint density at radius 2 is 1.77 bits per heavy atom. The second-order valence-corrected chi connectivity index (χ2v) is 8.22. The number of sulfone groups is 1. The number of halogens is 1. The summed E-state index contributed by atoms with van der Waals surface area (Å²) in [6.45, 7) is 1.63. The summed E-state index contributed by atoms with van der Waals surface area (Å²) in [5, 5.41) is 12.3. The summed E-state index contributed by atoms with van der Waals surface area (Å²) < 4.78 is 23.4. The van der Waals surface area contributed by atoms with Gasteiger partial charge < -0.3 is 10.4 Å². The maximum Gasteiger partial charge on any atom is 0.334 e. The van der Waals surface area contributed by atoms with Crippen LogP contribution in [0.3, 0.4) is 0 Å². The highest BCUT2D eigenvalue weighted by atomic mass is 35.5. The minimum absolute atomic E-state index is 0.0263. The lowest BCUT2D eigenvalue weighted by molar-refractivity contribution is -0.145. The van der Waals surface area contributed by atoms with Crippen molar-refractivity contribution < 1.29 is 23.1 Å². The molecule has 26 heavy (non-hydrogen) atoms. The molecule has 1 atom stereocenters. The van der Waals surface area contributed by atoms with Gasteiger partial charge in [-0.3, -0.25) is 4.79 Å². The SMILES string of the molecule is CC[C@](NC(=O)c1cc(S(C)(=O)=O)ccc1Cl)(C(=O)O)c1ccccc1. The molecule has 6 nitrogen and oxygen atoms in total. The van der Waals surface area contributed by atoms with Gasteiger partial charge in [0.05, 0.1) is 15.5 Å². The van der Waals surface area contributed by atoms with E-state index in [-0.39, 0.29) is 21.9 Å². The Morgan fingerprint density at radius 1 is 1.15 bits per heavy atom. The molecule has 0 saturated heterocycles. The number of amides is 1. The molecular weight excluding hydrogens is 378 g/mol. The summed E-state index contributed by atoms with van der Waals surface area (Å²) in [6.07, 6.45) is 1.09. The molecule has 0 aliphatic heterocycles. The number of carbonyl (C=O) groups is 2.